The second kappa shape index (κ2) is 8.33. The van der Waals surface area contributed by atoms with E-state index in [1.807, 2.05) is 0 Å². The van der Waals surface area contributed by atoms with Crippen molar-refractivity contribution in [1.29, 1.82) is 0 Å². The first-order valence-electron chi connectivity index (χ1n) is 6.68. The van der Waals surface area contributed by atoms with Crippen molar-refractivity contribution in [2.24, 2.45) is 0 Å². The SMILES string of the molecule is O=C(CNC(=O)COc1ccc(F)cc1Br)NCc1ccco1. The van der Waals surface area contributed by atoms with Crippen LogP contribution in [0.25, 0.3) is 0 Å². The molecule has 0 unspecified atom stereocenters. The Bertz CT molecular complexity index is 676. The lowest BCUT2D eigenvalue weighted by Gasteiger charge is -2.09. The molecule has 0 bridgehead atoms. The van der Waals surface area contributed by atoms with Gasteiger partial charge in [-0.1, -0.05) is 0 Å². The van der Waals surface area contributed by atoms with Gasteiger partial charge in [-0.15, -0.1) is 0 Å². The predicted molar refractivity (Wildman–Crippen MR) is 83.2 cm³/mol. The summed E-state index contributed by atoms with van der Waals surface area (Å²) in [5.74, 6) is -0.271. The molecule has 0 saturated heterocycles. The second-order valence-electron chi connectivity index (χ2n) is 4.50. The Hall–Kier alpha value is -2.35. The average Bonchev–Trinajstić information content (AvgIpc) is 3.03. The van der Waals surface area contributed by atoms with Gasteiger partial charge in [0.05, 0.1) is 23.8 Å². The topological polar surface area (TPSA) is 80.6 Å². The zero-order valence-corrected chi connectivity index (χ0v) is 13.6. The van der Waals surface area contributed by atoms with Gasteiger partial charge in [-0.2, -0.15) is 0 Å². The molecule has 2 N–H and O–H groups in total. The van der Waals surface area contributed by atoms with Crippen LogP contribution in [0.4, 0.5) is 4.39 Å². The monoisotopic (exact) mass is 384 g/mol. The van der Waals surface area contributed by atoms with Gasteiger partial charge in [-0.3, -0.25) is 9.59 Å². The molecule has 2 aromatic rings. The fraction of sp³-hybridized carbons (Fsp3) is 0.200. The van der Waals surface area contributed by atoms with Crippen molar-refractivity contribution in [3.05, 3.63) is 52.6 Å². The summed E-state index contributed by atoms with van der Waals surface area (Å²) in [4.78, 5) is 23.2. The van der Waals surface area contributed by atoms with Crippen LogP contribution in [-0.4, -0.2) is 25.0 Å². The molecule has 1 aromatic heterocycles. The quantitative estimate of drug-likeness (QED) is 0.764. The molecule has 122 valence electrons. The lowest BCUT2D eigenvalue weighted by molar-refractivity contribution is -0.127. The maximum absolute atomic E-state index is 12.9. The second-order valence-corrected chi connectivity index (χ2v) is 5.35. The molecule has 0 spiro atoms. The lowest BCUT2D eigenvalue weighted by atomic mass is 10.3. The summed E-state index contributed by atoms with van der Waals surface area (Å²) < 4.78 is 23.6. The summed E-state index contributed by atoms with van der Waals surface area (Å²) in [5, 5.41) is 5.01. The largest absolute Gasteiger partial charge is 0.483 e. The normalized spacial score (nSPS) is 10.2. The van der Waals surface area contributed by atoms with Crippen molar-refractivity contribution in [3.63, 3.8) is 0 Å². The first-order valence-corrected chi connectivity index (χ1v) is 7.47. The highest BCUT2D eigenvalue weighted by Crippen LogP contribution is 2.25. The summed E-state index contributed by atoms with van der Waals surface area (Å²) >= 11 is 3.13. The van der Waals surface area contributed by atoms with Crippen LogP contribution in [0.1, 0.15) is 5.76 Å². The zero-order chi connectivity index (χ0) is 16.7. The summed E-state index contributed by atoms with van der Waals surface area (Å²) in [5.41, 5.74) is 0. The molecule has 6 nitrogen and oxygen atoms in total. The van der Waals surface area contributed by atoms with E-state index in [9.17, 15) is 14.0 Å². The summed E-state index contributed by atoms with van der Waals surface area (Å²) in [6.07, 6.45) is 1.51. The average molecular weight is 385 g/mol. The fourth-order valence-electron chi connectivity index (χ4n) is 1.63. The Balaban J connectivity index is 1.67. The van der Waals surface area contributed by atoms with Crippen LogP contribution in [0.3, 0.4) is 0 Å². The minimum Gasteiger partial charge on any atom is -0.483 e. The minimum atomic E-state index is -0.464. The number of amides is 2. The van der Waals surface area contributed by atoms with Crippen molar-refractivity contribution in [2.75, 3.05) is 13.2 Å². The van der Waals surface area contributed by atoms with Crippen LogP contribution >= 0.6 is 15.9 Å². The Morgan fingerprint density at radius 1 is 1.22 bits per heavy atom. The Morgan fingerprint density at radius 2 is 2.04 bits per heavy atom. The molecule has 2 amide bonds. The van der Waals surface area contributed by atoms with E-state index in [1.54, 1.807) is 12.1 Å². The molecule has 0 atom stereocenters. The van der Waals surface area contributed by atoms with Gasteiger partial charge in [0.25, 0.3) is 5.91 Å². The molecular weight excluding hydrogens is 371 g/mol. The van der Waals surface area contributed by atoms with E-state index in [2.05, 4.69) is 26.6 Å². The fourth-order valence-corrected chi connectivity index (χ4v) is 2.09. The van der Waals surface area contributed by atoms with E-state index in [4.69, 9.17) is 9.15 Å². The van der Waals surface area contributed by atoms with Crippen LogP contribution < -0.4 is 15.4 Å². The number of hydrogen-bond acceptors (Lipinski definition) is 4. The number of halogens is 2. The van der Waals surface area contributed by atoms with E-state index in [0.717, 1.165) is 0 Å². The Labute approximate surface area is 140 Å². The minimum absolute atomic E-state index is 0.173. The third-order valence-corrected chi connectivity index (χ3v) is 3.36. The van der Waals surface area contributed by atoms with Gasteiger partial charge < -0.3 is 19.8 Å². The number of furan rings is 1. The van der Waals surface area contributed by atoms with Gasteiger partial charge in [-0.25, -0.2) is 4.39 Å². The Morgan fingerprint density at radius 3 is 2.74 bits per heavy atom. The van der Waals surface area contributed by atoms with E-state index < -0.39 is 11.7 Å². The highest BCUT2D eigenvalue weighted by Gasteiger charge is 2.08. The first kappa shape index (κ1) is 17.0. The van der Waals surface area contributed by atoms with E-state index >= 15 is 0 Å². The molecule has 0 aliphatic carbocycles. The molecule has 0 radical (unpaired) electrons. The van der Waals surface area contributed by atoms with Gasteiger partial charge in [0, 0.05) is 0 Å². The molecule has 23 heavy (non-hydrogen) atoms. The van der Waals surface area contributed by atoms with E-state index in [1.165, 1.54) is 24.5 Å². The van der Waals surface area contributed by atoms with Crippen molar-refractivity contribution < 1.29 is 23.1 Å². The van der Waals surface area contributed by atoms with Crippen LogP contribution in [0, 0.1) is 5.82 Å². The van der Waals surface area contributed by atoms with Gasteiger partial charge in [0.1, 0.15) is 17.3 Å². The molecule has 0 saturated carbocycles. The highest BCUT2D eigenvalue weighted by atomic mass is 79.9. The molecule has 1 heterocycles. The standard InChI is InChI=1S/C15H14BrFN2O4/c16-12-6-10(17)3-4-13(12)23-9-15(21)19-8-14(20)18-7-11-2-1-5-22-11/h1-6H,7-9H2,(H,18,20)(H,19,21). The van der Waals surface area contributed by atoms with Crippen molar-refractivity contribution in [1.82, 2.24) is 10.6 Å². The molecule has 0 fully saturated rings. The van der Waals surface area contributed by atoms with Crippen molar-refractivity contribution >= 4 is 27.7 Å². The maximum Gasteiger partial charge on any atom is 0.258 e. The third kappa shape index (κ3) is 5.74. The van der Waals surface area contributed by atoms with Gasteiger partial charge in [0.2, 0.25) is 5.91 Å². The lowest BCUT2D eigenvalue weighted by Crippen LogP contribution is -2.38. The molecule has 1 aromatic carbocycles. The van der Waals surface area contributed by atoms with E-state index in [-0.39, 0.29) is 25.6 Å². The molecular formula is C15H14BrFN2O4. The number of carbonyl (C=O) groups is 2. The third-order valence-electron chi connectivity index (χ3n) is 2.74. The highest BCUT2D eigenvalue weighted by molar-refractivity contribution is 9.10. The number of carbonyl (C=O) groups excluding carboxylic acids is 2. The van der Waals surface area contributed by atoms with Crippen molar-refractivity contribution in [2.45, 2.75) is 6.54 Å². The van der Waals surface area contributed by atoms with Crippen molar-refractivity contribution in [3.8, 4) is 5.75 Å². The molecule has 0 aliphatic heterocycles. The molecule has 8 heteroatoms. The van der Waals surface area contributed by atoms with Gasteiger partial charge >= 0.3 is 0 Å². The number of benzene rings is 1. The molecule has 2 rings (SSSR count). The van der Waals surface area contributed by atoms with Crippen LogP contribution in [0.5, 0.6) is 5.75 Å². The maximum atomic E-state index is 12.9. The first-order chi connectivity index (χ1) is 11.0. The summed E-state index contributed by atoms with van der Waals surface area (Å²) in [6, 6.07) is 7.31. The van der Waals surface area contributed by atoms with Gasteiger partial charge in [-0.05, 0) is 46.3 Å². The molecule has 0 aliphatic rings. The number of hydrogen-bond donors (Lipinski definition) is 2. The predicted octanol–water partition coefficient (Wildman–Crippen LogP) is 1.99. The van der Waals surface area contributed by atoms with Crippen LogP contribution in [0.15, 0.2) is 45.5 Å². The van der Waals surface area contributed by atoms with E-state index in [0.29, 0.717) is 16.0 Å². The summed E-state index contributed by atoms with van der Waals surface area (Å²) in [6.45, 7) is -0.204. The van der Waals surface area contributed by atoms with Crippen LogP contribution in [-0.2, 0) is 16.1 Å². The summed E-state index contributed by atoms with van der Waals surface area (Å²) in [7, 11) is 0. The zero-order valence-electron chi connectivity index (χ0n) is 12.0. The number of ether oxygens (including phenoxy) is 1. The smallest absolute Gasteiger partial charge is 0.258 e. The van der Waals surface area contributed by atoms with Crippen LogP contribution in [0.2, 0.25) is 0 Å². The number of rotatable bonds is 7. The Kier molecular flexibility index (Phi) is 6.16. The van der Waals surface area contributed by atoms with Gasteiger partial charge in [0.15, 0.2) is 6.61 Å². The number of nitrogens with one attached hydrogen (secondary N) is 2.